The van der Waals surface area contributed by atoms with Crippen LogP contribution >= 0.6 is 0 Å². The summed E-state index contributed by atoms with van der Waals surface area (Å²) in [7, 11) is 0. The summed E-state index contributed by atoms with van der Waals surface area (Å²) in [5, 5.41) is 6.37. The molecule has 2 aromatic carbocycles. The highest BCUT2D eigenvalue weighted by molar-refractivity contribution is 5.92. The molecule has 1 aliphatic heterocycles. The van der Waals surface area contributed by atoms with Gasteiger partial charge in [0.1, 0.15) is 5.69 Å². The highest BCUT2D eigenvalue weighted by Crippen LogP contribution is 2.57. The molecule has 2 heterocycles. The number of halogens is 5. The Bertz CT molecular complexity index is 1230. The molecule has 34 heavy (non-hydrogen) atoms. The van der Waals surface area contributed by atoms with Gasteiger partial charge in [0.25, 0.3) is 6.43 Å². The summed E-state index contributed by atoms with van der Waals surface area (Å²) in [6.45, 7) is 2.50. The van der Waals surface area contributed by atoms with E-state index in [-0.39, 0.29) is 17.0 Å². The topological polar surface area (TPSA) is 37.9 Å². The lowest BCUT2D eigenvalue weighted by molar-refractivity contribution is -0.137. The first-order valence-electron chi connectivity index (χ1n) is 11.1. The van der Waals surface area contributed by atoms with Crippen molar-refractivity contribution in [3.05, 3.63) is 88.2 Å². The number of aromatic amines is 1. The average molecular weight is 474 g/mol. The van der Waals surface area contributed by atoms with Crippen LogP contribution in [0.4, 0.5) is 22.0 Å². The van der Waals surface area contributed by atoms with Crippen LogP contribution in [0.5, 0.6) is 0 Å². The van der Waals surface area contributed by atoms with E-state index in [2.05, 4.69) is 17.1 Å². The fraction of sp³-hybridized carbons (Fsp3) is 0.346. The van der Waals surface area contributed by atoms with E-state index >= 15 is 0 Å². The Balaban J connectivity index is 1.54. The van der Waals surface area contributed by atoms with Crippen molar-refractivity contribution in [2.45, 2.75) is 44.4 Å². The first-order chi connectivity index (χ1) is 16.2. The summed E-state index contributed by atoms with van der Waals surface area (Å²) < 4.78 is 72.4. The molecule has 178 valence electrons. The fourth-order valence-electron chi connectivity index (χ4n) is 5.31. The van der Waals surface area contributed by atoms with Crippen LogP contribution in [-0.4, -0.2) is 16.8 Å². The first kappa shape index (κ1) is 22.8. The molecule has 3 atom stereocenters. The van der Waals surface area contributed by atoms with Gasteiger partial charge in [-0.2, -0.15) is 18.3 Å². The zero-order valence-corrected chi connectivity index (χ0v) is 18.4. The first-order valence-corrected chi connectivity index (χ1v) is 11.1. The molecule has 1 saturated heterocycles. The molecule has 1 N–H and O–H groups in total. The van der Waals surface area contributed by atoms with Gasteiger partial charge in [0, 0.05) is 12.5 Å². The van der Waals surface area contributed by atoms with E-state index < -0.39 is 24.3 Å². The predicted molar refractivity (Wildman–Crippen MR) is 118 cm³/mol. The predicted octanol–water partition coefficient (Wildman–Crippen LogP) is 7.56. The highest BCUT2D eigenvalue weighted by Gasteiger charge is 2.45. The minimum atomic E-state index is -4.44. The Morgan fingerprint density at radius 1 is 1.09 bits per heavy atom. The van der Waals surface area contributed by atoms with E-state index in [4.69, 9.17) is 4.74 Å². The van der Waals surface area contributed by atoms with Gasteiger partial charge in [0.15, 0.2) is 0 Å². The number of hydrogen-bond acceptors (Lipinski definition) is 2. The van der Waals surface area contributed by atoms with Crippen LogP contribution in [0.2, 0.25) is 0 Å². The summed E-state index contributed by atoms with van der Waals surface area (Å²) in [6.07, 6.45) is -4.43. The number of fused-ring (bicyclic) bond motifs is 1. The molecule has 3 nitrogen and oxygen atoms in total. The van der Waals surface area contributed by atoms with E-state index in [1.807, 2.05) is 30.3 Å². The van der Waals surface area contributed by atoms with Crippen molar-refractivity contribution in [2.75, 3.05) is 6.61 Å². The van der Waals surface area contributed by atoms with Crippen molar-refractivity contribution in [2.24, 2.45) is 5.41 Å². The summed E-state index contributed by atoms with van der Waals surface area (Å²) in [4.78, 5) is 0. The minimum absolute atomic E-state index is 0.170. The Morgan fingerprint density at radius 2 is 1.88 bits per heavy atom. The summed E-state index contributed by atoms with van der Waals surface area (Å²) >= 11 is 0. The zero-order valence-electron chi connectivity index (χ0n) is 18.4. The number of H-pyrrole nitrogens is 1. The molecule has 8 heteroatoms. The van der Waals surface area contributed by atoms with Gasteiger partial charge < -0.3 is 4.74 Å². The summed E-state index contributed by atoms with van der Waals surface area (Å²) in [5.74, 6) is -0.170. The number of alkyl halides is 5. The normalized spacial score (nSPS) is 24.9. The fourth-order valence-corrected chi connectivity index (χ4v) is 5.31. The van der Waals surface area contributed by atoms with Gasteiger partial charge in [0.05, 0.1) is 17.4 Å². The second kappa shape index (κ2) is 8.34. The van der Waals surface area contributed by atoms with Crippen molar-refractivity contribution < 1.29 is 26.7 Å². The number of hydrogen-bond donors (Lipinski definition) is 1. The number of rotatable bonds is 4. The largest absolute Gasteiger partial charge is 0.416 e. The van der Waals surface area contributed by atoms with Gasteiger partial charge in [-0.15, -0.1) is 0 Å². The van der Waals surface area contributed by atoms with Gasteiger partial charge in [-0.3, -0.25) is 5.10 Å². The van der Waals surface area contributed by atoms with Crippen LogP contribution in [0, 0.1) is 5.41 Å². The van der Waals surface area contributed by atoms with E-state index in [1.54, 1.807) is 6.07 Å². The molecule has 0 bridgehead atoms. The van der Waals surface area contributed by atoms with Gasteiger partial charge in [-0.05, 0) is 58.7 Å². The van der Waals surface area contributed by atoms with E-state index in [0.717, 1.165) is 22.8 Å². The van der Waals surface area contributed by atoms with Crippen LogP contribution in [0.25, 0.3) is 11.6 Å². The Morgan fingerprint density at radius 3 is 2.62 bits per heavy atom. The van der Waals surface area contributed by atoms with Crippen molar-refractivity contribution in [3.8, 4) is 0 Å². The Hall–Kier alpha value is -3.00. The molecule has 3 unspecified atom stereocenters. The highest BCUT2D eigenvalue weighted by atomic mass is 19.4. The van der Waals surface area contributed by atoms with Crippen LogP contribution in [0.1, 0.15) is 71.9 Å². The molecule has 0 saturated carbocycles. The van der Waals surface area contributed by atoms with E-state index in [0.29, 0.717) is 30.7 Å². The number of allylic oxidation sites excluding steroid dienone is 1. The average Bonchev–Trinajstić information content (AvgIpc) is 3.44. The quantitative estimate of drug-likeness (QED) is 0.396. The lowest BCUT2D eigenvalue weighted by Gasteiger charge is -2.44. The summed E-state index contributed by atoms with van der Waals surface area (Å²) in [6, 6.07) is 14.6. The van der Waals surface area contributed by atoms with Gasteiger partial charge in [0.2, 0.25) is 0 Å². The molecule has 0 radical (unpaired) electrons. The second-order valence-electron chi connectivity index (χ2n) is 9.26. The maximum absolute atomic E-state index is 13.4. The van der Waals surface area contributed by atoms with Crippen LogP contribution in [0.15, 0.2) is 54.6 Å². The van der Waals surface area contributed by atoms with Crippen molar-refractivity contribution >= 4 is 11.6 Å². The number of nitrogens with one attached hydrogen (secondary N) is 1. The molecule has 0 amide bonds. The molecule has 2 aliphatic rings. The second-order valence-corrected chi connectivity index (χ2v) is 9.26. The van der Waals surface area contributed by atoms with Gasteiger partial charge in [-0.25, -0.2) is 8.78 Å². The van der Waals surface area contributed by atoms with Crippen LogP contribution in [0.3, 0.4) is 0 Å². The van der Waals surface area contributed by atoms with Gasteiger partial charge in [-0.1, -0.05) is 49.4 Å². The van der Waals surface area contributed by atoms with Crippen LogP contribution in [-0.2, 0) is 10.9 Å². The molecule has 1 aromatic heterocycles. The number of aromatic nitrogens is 2. The third-order valence-electron chi connectivity index (χ3n) is 6.98. The molecule has 0 spiro atoms. The van der Waals surface area contributed by atoms with Crippen molar-refractivity contribution in [1.29, 1.82) is 0 Å². The lowest BCUT2D eigenvalue weighted by Crippen LogP contribution is -2.34. The van der Waals surface area contributed by atoms with Crippen molar-refractivity contribution in [1.82, 2.24) is 10.2 Å². The Labute approximate surface area is 193 Å². The number of benzene rings is 2. The maximum Gasteiger partial charge on any atom is 0.416 e. The number of nitrogens with zero attached hydrogens (tertiary/aromatic N) is 1. The zero-order chi connectivity index (χ0) is 24.1. The third-order valence-corrected chi connectivity index (χ3v) is 6.98. The van der Waals surface area contributed by atoms with Crippen molar-refractivity contribution in [3.63, 3.8) is 0 Å². The standard InChI is InChI=1S/C26H23F5N2O/c1-25(9-10-34-22(14-25)20-13-21(24(27)28)33-32-20)23-18-8-3-2-5-16(18)12-19(23)15-6-4-7-17(11-15)26(29,30)31/h2-8,11-13,22-24H,9-10,14H2,1H3,(H,32,33). The van der Waals surface area contributed by atoms with E-state index in [1.165, 1.54) is 18.2 Å². The Kier molecular flexibility index (Phi) is 5.59. The lowest BCUT2D eigenvalue weighted by atomic mass is 9.64. The SMILES string of the molecule is CC1(C2C(c3cccc(C(F)(F)F)c3)=Cc3ccccc32)CCOC(c2cc(C(F)F)n[nH]2)C1. The molecular formula is C26H23F5N2O. The van der Waals surface area contributed by atoms with Crippen LogP contribution < -0.4 is 0 Å². The molecule has 1 aliphatic carbocycles. The monoisotopic (exact) mass is 474 g/mol. The van der Waals surface area contributed by atoms with Gasteiger partial charge >= 0.3 is 6.18 Å². The van der Waals surface area contributed by atoms with E-state index in [9.17, 15) is 22.0 Å². The molecular weight excluding hydrogens is 451 g/mol. The maximum atomic E-state index is 13.4. The minimum Gasteiger partial charge on any atom is -0.372 e. The molecule has 5 rings (SSSR count). The molecule has 1 fully saturated rings. The third kappa shape index (κ3) is 4.04. The smallest absolute Gasteiger partial charge is 0.372 e. The number of ether oxygens (including phenoxy) is 1. The summed E-state index contributed by atoms with van der Waals surface area (Å²) in [5.41, 5.74) is 2.47. The molecule has 3 aromatic rings.